The number of hydrogen-bond donors (Lipinski definition) is 0. The maximum absolute atomic E-state index is 13.9. The minimum absolute atomic E-state index is 0.0171. The summed E-state index contributed by atoms with van der Waals surface area (Å²) in [6.45, 7) is 0. The number of benzene rings is 1. The van der Waals surface area contributed by atoms with Crippen LogP contribution in [0.25, 0.3) is 0 Å². The summed E-state index contributed by atoms with van der Waals surface area (Å²) in [4.78, 5) is 11.3. The Hall–Kier alpha value is -1.32. The van der Waals surface area contributed by atoms with Crippen LogP contribution in [0.3, 0.4) is 0 Å². The second-order valence-corrected chi connectivity index (χ2v) is 6.75. The first-order chi connectivity index (χ1) is 10.6. The number of ketones is 1. The molecule has 0 spiro atoms. The van der Waals surface area contributed by atoms with Crippen molar-refractivity contribution in [2.75, 3.05) is 0 Å². The van der Waals surface area contributed by atoms with Gasteiger partial charge in [-0.3, -0.25) is 4.79 Å². The van der Waals surface area contributed by atoms with Crippen LogP contribution >= 0.6 is 0 Å². The van der Waals surface area contributed by atoms with Gasteiger partial charge in [0.25, 0.3) is 0 Å². The summed E-state index contributed by atoms with van der Waals surface area (Å²) >= 11 is 0. The highest BCUT2D eigenvalue weighted by molar-refractivity contribution is 5.79. The molecule has 1 aromatic carbocycles. The predicted molar refractivity (Wildman–Crippen MR) is 78.0 cm³/mol. The first-order valence-corrected chi connectivity index (χ1v) is 8.21. The van der Waals surface area contributed by atoms with E-state index in [9.17, 15) is 18.0 Å². The van der Waals surface area contributed by atoms with E-state index < -0.39 is 17.5 Å². The van der Waals surface area contributed by atoms with Gasteiger partial charge in [-0.05, 0) is 67.9 Å². The molecule has 2 aliphatic carbocycles. The molecule has 0 radical (unpaired) electrons. The molecule has 0 atom stereocenters. The van der Waals surface area contributed by atoms with Crippen molar-refractivity contribution in [2.24, 2.45) is 11.8 Å². The van der Waals surface area contributed by atoms with E-state index in [2.05, 4.69) is 0 Å². The highest BCUT2D eigenvalue weighted by atomic mass is 19.2. The van der Waals surface area contributed by atoms with E-state index in [1.165, 1.54) is 6.07 Å². The summed E-state index contributed by atoms with van der Waals surface area (Å²) in [6.07, 6.45) is 6.96. The third kappa shape index (κ3) is 3.06. The van der Waals surface area contributed by atoms with Crippen LogP contribution in [0.4, 0.5) is 13.2 Å². The quantitative estimate of drug-likeness (QED) is 0.691. The lowest BCUT2D eigenvalue weighted by molar-refractivity contribution is -0.121. The van der Waals surface area contributed by atoms with Crippen LogP contribution in [0.5, 0.6) is 0 Å². The first kappa shape index (κ1) is 15.6. The molecule has 0 amide bonds. The average Bonchev–Trinajstić information content (AvgIpc) is 2.54. The van der Waals surface area contributed by atoms with E-state index in [0.717, 1.165) is 44.6 Å². The standard InChI is InChI=1S/C18H21F3O/c19-16-10-9-15(17(20)18(16)21)13-3-1-11(2-4-13)12-5-7-14(22)8-6-12/h9-13H,1-8H2. The number of halogens is 3. The van der Waals surface area contributed by atoms with Gasteiger partial charge in [0.15, 0.2) is 17.5 Å². The van der Waals surface area contributed by atoms with Crippen LogP contribution < -0.4 is 0 Å². The van der Waals surface area contributed by atoms with Crippen molar-refractivity contribution in [3.05, 3.63) is 35.1 Å². The van der Waals surface area contributed by atoms with Gasteiger partial charge in [-0.25, -0.2) is 13.2 Å². The van der Waals surface area contributed by atoms with Gasteiger partial charge in [-0.1, -0.05) is 6.07 Å². The molecule has 3 rings (SSSR count). The van der Waals surface area contributed by atoms with Gasteiger partial charge < -0.3 is 0 Å². The first-order valence-electron chi connectivity index (χ1n) is 8.21. The van der Waals surface area contributed by atoms with E-state index in [1.54, 1.807) is 0 Å². The van der Waals surface area contributed by atoms with Crippen molar-refractivity contribution in [3.63, 3.8) is 0 Å². The van der Waals surface area contributed by atoms with Gasteiger partial charge in [0, 0.05) is 12.8 Å². The van der Waals surface area contributed by atoms with Crippen LogP contribution in [-0.4, -0.2) is 5.78 Å². The molecule has 0 N–H and O–H groups in total. The van der Waals surface area contributed by atoms with Gasteiger partial charge in [-0.15, -0.1) is 0 Å². The Morgan fingerprint density at radius 3 is 2.00 bits per heavy atom. The van der Waals surface area contributed by atoms with Gasteiger partial charge >= 0.3 is 0 Å². The molecule has 22 heavy (non-hydrogen) atoms. The van der Waals surface area contributed by atoms with Crippen LogP contribution in [0, 0.1) is 29.3 Å². The summed E-state index contributed by atoms with van der Waals surface area (Å²) in [5.41, 5.74) is 0.316. The van der Waals surface area contributed by atoms with Crippen LogP contribution in [0.2, 0.25) is 0 Å². The molecule has 0 aliphatic heterocycles. The minimum atomic E-state index is -1.36. The fourth-order valence-corrected chi connectivity index (χ4v) is 4.19. The van der Waals surface area contributed by atoms with E-state index in [1.807, 2.05) is 0 Å². The van der Waals surface area contributed by atoms with Gasteiger partial charge in [0.1, 0.15) is 5.78 Å². The lowest BCUT2D eigenvalue weighted by Crippen LogP contribution is -2.25. The Morgan fingerprint density at radius 2 is 1.36 bits per heavy atom. The largest absolute Gasteiger partial charge is 0.300 e. The number of hydrogen-bond acceptors (Lipinski definition) is 1. The van der Waals surface area contributed by atoms with Crippen molar-refractivity contribution in [2.45, 2.75) is 57.3 Å². The molecule has 2 aliphatic rings. The smallest absolute Gasteiger partial charge is 0.194 e. The summed E-state index contributed by atoms with van der Waals surface area (Å²) in [7, 11) is 0. The summed E-state index contributed by atoms with van der Waals surface area (Å²) in [6, 6.07) is 2.41. The number of rotatable bonds is 2. The zero-order chi connectivity index (χ0) is 15.7. The zero-order valence-corrected chi connectivity index (χ0v) is 12.6. The van der Waals surface area contributed by atoms with E-state index in [-0.39, 0.29) is 5.92 Å². The molecule has 4 heteroatoms. The molecule has 0 saturated heterocycles. The maximum Gasteiger partial charge on any atom is 0.194 e. The fourth-order valence-electron chi connectivity index (χ4n) is 4.19. The summed E-state index contributed by atoms with van der Waals surface area (Å²) < 4.78 is 40.3. The van der Waals surface area contributed by atoms with Crippen LogP contribution in [-0.2, 0) is 4.79 Å². The normalized spacial score (nSPS) is 27.1. The van der Waals surface area contributed by atoms with Gasteiger partial charge in [0.2, 0.25) is 0 Å². The van der Waals surface area contributed by atoms with Crippen molar-refractivity contribution in [1.82, 2.24) is 0 Å². The Kier molecular flexibility index (Phi) is 4.55. The predicted octanol–water partition coefficient (Wildman–Crippen LogP) is 5.14. The molecular formula is C18H21F3O. The van der Waals surface area contributed by atoms with E-state index >= 15 is 0 Å². The SMILES string of the molecule is O=C1CCC(C2CCC(c3ccc(F)c(F)c3F)CC2)CC1. The highest BCUT2D eigenvalue weighted by Crippen LogP contribution is 2.43. The molecule has 120 valence electrons. The van der Waals surface area contributed by atoms with E-state index in [4.69, 9.17) is 0 Å². The third-order valence-corrected chi connectivity index (χ3v) is 5.53. The molecule has 1 nitrogen and oxygen atoms in total. The van der Waals surface area contributed by atoms with Crippen molar-refractivity contribution < 1.29 is 18.0 Å². The van der Waals surface area contributed by atoms with Gasteiger partial charge in [-0.2, -0.15) is 0 Å². The lowest BCUT2D eigenvalue weighted by Gasteiger charge is -2.35. The number of Topliss-reactive ketones (excluding diaryl/α,β-unsaturated/α-hetero) is 1. The molecule has 2 fully saturated rings. The maximum atomic E-state index is 13.9. The molecule has 0 aromatic heterocycles. The highest BCUT2D eigenvalue weighted by Gasteiger charge is 2.32. The van der Waals surface area contributed by atoms with Crippen molar-refractivity contribution >= 4 is 5.78 Å². The molecule has 2 saturated carbocycles. The molecule has 0 bridgehead atoms. The third-order valence-electron chi connectivity index (χ3n) is 5.53. The lowest BCUT2D eigenvalue weighted by atomic mass is 9.69. The van der Waals surface area contributed by atoms with Crippen LogP contribution in [0.15, 0.2) is 12.1 Å². The molecule has 0 unspecified atom stereocenters. The van der Waals surface area contributed by atoms with Gasteiger partial charge in [0.05, 0.1) is 0 Å². The molecule has 1 aromatic rings. The topological polar surface area (TPSA) is 17.1 Å². The monoisotopic (exact) mass is 310 g/mol. The Balaban J connectivity index is 1.62. The number of carbonyl (C=O) groups is 1. The van der Waals surface area contributed by atoms with E-state index in [0.29, 0.717) is 36.0 Å². The Bertz CT molecular complexity index is 552. The summed E-state index contributed by atoms with van der Waals surface area (Å²) in [5, 5.41) is 0. The van der Waals surface area contributed by atoms with Crippen molar-refractivity contribution in [3.8, 4) is 0 Å². The second kappa shape index (κ2) is 6.43. The Labute approximate surface area is 128 Å². The number of carbonyl (C=O) groups excluding carboxylic acids is 1. The van der Waals surface area contributed by atoms with Crippen molar-refractivity contribution in [1.29, 1.82) is 0 Å². The Morgan fingerprint density at radius 1 is 0.773 bits per heavy atom. The minimum Gasteiger partial charge on any atom is -0.300 e. The zero-order valence-electron chi connectivity index (χ0n) is 12.6. The fraction of sp³-hybridized carbons (Fsp3) is 0.611. The average molecular weight is 310 g/mol. The van der Waals surface area contributed by atoms with Crippen LogP contribution in [0.1, 0.15) is 62.8 Å². The molecular weight excluding hydrogens is 289 g/mol. The molecule has 0 heterocycles. The summed E-state index contributed by atoms with van der Waals surface area (Å²) in [5.74, 6) is -1.95. The second-order valence-electron chi connectivity index (χ2n) is 6.75.